The van der Waals surface area contributed by atoms with Crippen molar-refractivity contribution in [1.29, 1.82) is 0 Å². The van der Waals surface area contributed by atoms with Crippen LogP contribution in [0, 0.1) is 31.8 Å². The maximum absolute atomic E-state index is 3.52. The molecule has 37 heavy (non-hydrogen) atoms. The van der Waals surface area contributed by atoms with Crippen LogP contribution in [0.4, 0.5) is 0 Å². The Bertz CT molecular complexity index is 1290. The minimum absolute atomic E-state index is 0. The smallest absolute Gasteiger partial charge is 0.0279 e. The molecule has 0 radical (unpaired) electrons. The van der Waals surface area contributed by atoms with Crippen LogP contribution < -0.4 is 24.8 Å². The zero-order valence-electron chi connectivity index (χ0n) is 23.3. The summed E-state index contributed by atoms with van der Waals surface area (Å²) in [5, 5.41) is 2.75. The fraction of sp³-hybridized carbons (Fsp3) is 0.344. The Balaban J connectivity index is 0.000000313. The van der Waals surface area contributed by atoms with Gasteiger partial charge in [0.25, 0.3) is 0 Å². The van der Waals surface area contributed by atoms with Gasteiger partial charge in [0, 0.05) is 5.75 Å². The van der Waals surface area contributed by atoms with Crippen molar-refractivity contribution in [1.82, 2.24) is 0 Å². The molecule has 0 saturated heterocycles. The summed E-state index contributed by atoms with van der Waals surface area (Å²) >= 11 is 3.69. The van der Waals surface area contributed by atoms with Crippen molar-refractivity contribution in [3.05, 3.63) is 99.5 Å². The Morgan fingerprint density at radius 3 is 2.14 bits per heavy atom. The Morgan fingerprint density at radius 1 is 0.946 bits per heavy atom. The molecule has 0 aromatic heterocycles. The minimum Gasteiger partial charge on any atom is -1.00 e. The first-order chi connectivity index (χ1) is 16.6. The van der Waals surface area contributed by atoms with Crippen LogP contribution in [0.25, 0.3) is 21.9 Å². The predicted octanol–water partition coefficient (Wildman–Crippen LogP) is 3.60. The minimum atomic E-state index is 0. The normalized spacial score (nSPS) is 13.6. The molecule has 0 N–H and O–H groups in total. The number of hydrogen-bond acceptors (Lipinski definition) is 1. The molecule has 0 fully saturated rings. The first kappa shape index (κ1) is 34.3. The van der Waals surface area contributed by atoms with Crippen LogP contribution in [0.5, 0.6) is 0 Å². The van der Waals surface area contributed by atoms with E-state index in [4.69, 9.17) is 0 Å². The first-order valence-electron chi connectivity index (χ1n) is 12.5. The number of halogens is 2. The number of thioether (sulfide) groups is 1. The van der Waals surface area contributed by atoms with Crippen molar-refractivity contribution in [2.75, 3.05) is 5.75 Å². The van der Waals surface area contributed by atoms with E-state index in [0.717, 1.165) is 0 Å². The Hall–Kier alpha value is -0.700. The summed E-state index contributed by atoms with van der Waals surface area (Å²) < 4.78 is 0. The SMILES string of the molecule is CC(C)C1=CC2=C(C(C)C)CSC2=[C-]1.C[Si](C)=[Zr+2].Cc1cc2c(-c3ccccc3)ccc(C)c2[cH-]1.[Cl-].[Cl-]. The molecule has 0 amide bonds. The number of rotatable bonds is 3. The van der Waals surface area contributed by atoms with Gasteiger partial charge in [0.05, 0.1) is 0 Å². The van der Waals surface area contributed by atoms with Crippen molar-refractivity contribution < 1.29 is 48.1 Å². The maximum atomic E-state index is 3.52. The average Bonchev–Trinajstić information content (AvgIpc) is 3.48. The van der Waals surface area contributed by atoms with Gasteiger partial charge in [0.1, 0.15) is 0 Å². The molecule has 0 atom stereocenters. The average molecular weight is 645 g/mol. The Morgan fingerprint density at radius 2 is 1.57 bits per heavy atom. The molecule has 196 valence electrons. The van der Waals surface area contributed by atoms with Gasteiger partial charge in [-0.05, 0) is 17.4 Å². The molecule has 2 aliphatic rings. The third-order valence-corrected chi connectivity index (χ3v) is 7.24. The summed E-state index contributed by atoms with van der Waals surface area (Å²) in [6, 6.07) is 19.6. The van der Waals surface area contributed by atoms with Gasteiger partial charge in [-0.25, -0.2) is 6.08 Å². The molecule has 0 unspecified atom stereocenters. The molecular formula is C32H38Cl2SSiZr-2. The molecular weight excluding hydrogens is 607 g/mol. The number of hydrogen-bond donors (Lipinski definition) is 0. The van der Waals surface area contributed by atoms with Crippen molar-refractivity contribution >= 4 is 28.0 Å². The number of benzene rings is 2. The Kier molecular flexibility index (Phi) is 14.6. The van der Waals surface area contributed by atoms with Gasteiger partial charge in [-0.2, -0.15) is 35.1 Å². The summed E-state index contributed by atoms with van der Waals surface area (Å²) in [6.07, 6.45) is 5.86. The van der Waals surface area contributed by atoms with Crippen molar-refractivity contribution in [3.8, 4) is 11.1 Å². The first-order valence-corrected chi connectivity index (χ1v) is 19.7. The third-order valence-electron chi connectivity index (χ3n) is 6.17. The number of aryl methyl sites for hydroxylation is 2. The van der Waals surface area contributed by atoms with E-state index in [1.165, 1.54) is 54.8 Å². The largest absolute Gasteiger partial charge is 1.00 e. The standard InChI is InChI=1S/C17H15.C13H17S.C2H6Si.2ClH.Zr/c1-12-10-16-13(2)8-9-15(17(16)11-12)14-6-4-3-5-7-14;1-8(2)10-5-11-12(9(3)4)7-14-13(11)6-10;1-3-2;;;/h3-11H,1-2H3;5,8-9H,7H2,1-4H3;1-2H3;2*1H;/q2*-1;;;;+2/p-2. The molecule has 0 nitrogen and oxygen atoms in total. The number of allylic oxidation sites excluding steroid dienone is 4. The van der Waals surface area contributed by atoms with Crippen LogP contribution in [-0.4, -0.2) is 11.2 Å². The molecule has 3 aromatic rings. The molecule has 0 spiro atoms. The molecule has 0 saturated carbocycles. The second kappa shape index (κ2) is 15.8. The Labute approximate surface area is 257 Å². The van der Waals surface area contributed by atoms with E-state index in [-0.39, 0.29) is 30.2 Å². The predicted molar refractivity (Wildman–Crippen MR) is 156 cm³/mol. The topological polar surface area (TPSA) is 0 Å². The van der Waals surface area contributed by atoms with Gasteiger partial charge in [-0.3, -0.25) is 0 Å². The fourth-order valence-electron chi connectivity index (χ4n) is 4.28. The third kappa shape index (κ3) is 9.18. The van der Waals surface area contributed by atoms with Crippen LogP contribution in [0.3, 0.4) is 0 Å². The van der Waals surface area contributed by atoms with Gasteiger partial charge >= 0.3 is 41.9 Å². The summed E-state index contributed by atoms with van der Waals surface area (Å²) in [6.45, 7) is 18.0. The molecule has 1 heterocycles. The maximum Gasteiger partial charge on any atom is -0.0279 e. The van der Waals surface area contributed by atoms with Gasteiger partial charge in [0.15, 0.2) is 0 Å². The summed E-state index contributed by atoms with van der Waals surface area (Å²) in [5.74, 6) is 2.46. The molecule has 5 heteroatoms. The molecule has 5 rings (SSSR count). The van der Waals surface area contributed by atoms with Gasteiger partial charge in [0.2, 0.25) is 0 Å². The van der Waals surface area contributed by atoms with Crippen LogP contribution >= 0.6 is 11.8 Å². The summed E-state index contributed by atoms with van der Waals surface area (Å²) in [5.41, 5.74) is 9.99. The van der Waals surface area contributed by atoms with Crippen molar-refractivity contribution in [3.63, 3.8) is 0 Å². The second-order valence-corrected chi connectivity index (χ2v) is 20.6. The van der Waals surface area contributed by atoms with Crippen molar-refractivity contribution in [2.24, 2.45) is 11.8 Å². The van der Waals surface area contributed by atoms with E-state index in [1.54, 1.807) is 28.9 Å². The van der Waals surface area contributed by atoms with Crippen LogP contribution in [0.2, 0.25) is 13.1 Å². The quantitative estimate of drug-likeness (QED) is 0.311. The summed E-state index contributed by atoms with van der Waals surface area (Å²) in [7, 11) is 0. The van der Waals surface area contributed by atoms with E-state index in [2.05, 4.69) is 121 Å². The van der Waals surface area contributed by atoms with E-state index in [1.807, 2.05) is 11.8 Å². The van der Waals surface area contributed by atoms with E-state index in [9.17, 15) is 0 Å². The van der Waals surface area contributed by atoms with Gasteiger partial charge in [-0.1, -0.05) is 83.5 Å². The fourth-order valence-corrected chi connectivity index (χ4v) is 5.61. The monoisotopic (exact) mass is 642 g/mol. The van der Waals surface area contributed by atoms with Gasteiger partial charge < -0.3 is 24.8 Å². The van der Waals surface area contributed by atoms with E-state index >= 15 is 0 Å². The zero-order valence-corrected chi connectivity index (χ0v) is 29.1. The molecule has 0 bridgehead atoms. The molecule has 3 aromatic carbocycles. The van der Waals surface area contributed by atoms with Gasteiger partial charge in [-0.15, -0.1) is 44.5 Å². The van der Waals surface area contributed by atoms with E-state index in [0.29, 0.717) is 11.8 Å². The second-order valence-electron chi connectivity index (χ2n) is 10.2. The van der Waals surface area contributed by atoms with Crippen LogP contribution in [0.15, 0.2) is 82.3 Å². The van der Waals surface area contributed by atoms with Crippen molar-refractivity contribution in [2.45, 2.75) is 54.6 Å². The summed E-state index contributed by atoms with van der Waals surface area (Å²) in [4.78, 5) is 1.39. The zero-order chi connectivity index (χ0) is 25.7. The van der Waals surface area contributed by atoms with E-state index < -0.39 is 0 Å². The van der Waals surface area contributed by atoms with Crippen LogP contribution in [0.1, 0.15) is 38.8 Å². The van der Waals surface area contributed by atoms with Crippen LogP contribution in [-0.2, 0) is 23.3 Å². The molecule has 1 aliphatic carbocycles. The molecule has 1 aliphatic heterocycles. The number of fused-ring (bicyclic) bond motifs is 2.